The summed E-state index contributed by atoms with van der Waals surface area (Å²) in [4.78, 5) is 15.1. The van der Waals surface area contributed by atoms with Crippen LogP contribution in [0.5, 0.6) is 5.75 Å². The number of nitrogens with zero attached hydrogens (tertiary/aromatic N) is 1. The van der Waals surface area contributed by atoms with Gasteiger partial charge in [-0.05, 0) is 83.1 Å². The maximum absolute atomic E-state index is 12.7. The summed E-state index contributed by atoms with van der Waals surface area (Å²) in [5, 5.41) is 2.98. The fraction of sp³-hybridized carbons (Fsp3) is 0.480. The van der Waals surface area contributed by atoms with Gasteiger partial charge in [-0.15, -0.1) is 0 Å². The van der Waals surface area contributed by atoms with Crippen LogP contribution in [0.4, 0.5) is 5.69 Å². The predicted octanol–water partition coefficient (Wildman–Crippen LogP) is 3.50. The molecule has 1 fully saturated rings. The summed E-state index contributed by atoms with van der Waals surface area (Å²) in [6.45, 7) is 12.8. The number of anilines is 1. The Labute approximate surface area is 202 Å². The van der Waals surface area contributed by atoms with Crippen molar-refractivity contribution >= 4 is 21.6 Å². The van der Waals surface area contributed by atoms with E-state index in [0.29, 0.717) is 30.2 Å². The summed E-state index contributed by atoms with van der Waals surface area (Å²) in [5.41, 5.74) is 0.589. The molecular weight excluding hydrogens is 454 g/mol. The van der Waals surface area contributed by atoms with Gasteiger partial charge in [-0.25, -0.2) is 8.42 Å². The highest BCUT2D eigenvalue weighted by Crippen LogP contribution is 2.22. The maximum Gasteiger partial charge on any atom is 0.261 e. The van der Waals surface area contributed by atoms with Crippen LogP contribution in [0.15, 0.2) is 53.4 Å². The van der Waals surface area contributed by atoms with Gasteiger partial charge in [0, 0.05) is 36.4 Å². The molecular formula is C25H35N3O5S. The molecule has 1 aliphatic rings. The highest BCUT2D eigenvalue weighted by Gasteiger charge is 2.33. The molecule has 0 unspecified atom stereocenters. The Morgan fingerprint density at radius 3 is 2.21 bits per heavy atom. The molecule has 0 saturated carbocycles. The lowest BCUT2D eigenvalue weighted by molar-refractivity contribution is -0.0948. The van der Waals surface area contributed by atoms with Gasteiger partial charge in [-0.1, -0.05) is 0 Å². The van der Waals surface area contributed by atoms with Crippen LogP contribution in [0, 0.1) is 0 Å². The number of sulfonamides is 1. The third kappa shape index (κ3) is 6.71. The van der Waals surface area contributed by atoms with Crippen molar-refractivity contribution in [1.82, 2.24) is 10.2 Å². The van der Waals surface area contributed by atoms with Crippen molar-refractivity contribution in [3.63, 3.8) is 0 Å². The Morgan fingerprint density at radius 2 is 1.65 bits per heavy atom. The SMILES string of the molecule is CCOc1ccc(NS(=O)(=O)c2ccc(C(=O)NCC(C)(C)N3C[C@@H](C)O[C@@H](C)C3)cc2)cc1. The van der Waals surface area contributed by atoms with Gasteiger partial charge in [0.25, 0.3) is 15.9 Å². The smallest absolute Gasteiger partial charge is 0.261 e. The van der Waals surface area contributed by atoms with Gasteiger partial charge in [0.1, 0.15) is 5.75 Å². The molecule has 1 saturated heterocycles. The average molecular weight is 490 g/mol. The summed E-state index contributed by atoms with van der Waals surface area (Å²) >= 11 is 0. The molecule has 34 heavy (non-hydrogen) atoms. The second kappa shape index (κ2) is 10.8. The van der Waals surface area contributed by atoms with Crippen LogP contribution in [0.25, 0.3) is 0 Å². The highest BCUT2D eigenvalue weighted by atomic mass is 32.2. The molecule has 2 atom stereocenters. The fourth-order valence-electron chi connectivity index (χ4n) is 3.97. The first kappa shape index (κ1) is 26.0. The minimum atomic E-state index is -3.78. The number of nitrogens with one attached hydrogen (secondary N) is 2. The number of rotatable bonds is 9. The molecule has 1 amide bonds. The van der Waals surface area contributed by atoms with Crippen LogP contribution in [0.1, 0.15) is 45.0 Å². The minimum Gasteiger partial charge on any atom is -0.494 e. The van der Waals surface area contributed by atoms with Crippen LogP contribution in [-0.4, -0.2) is 63.2 Å². The molecule has 3 rings (SSSR count). The van der Waals surface area contributed by atoms with Crippen molar-refractivity contribution in [2.24, 2.45) is 0 Å². The van der Waals surface area contributed by atoms with Crippen LogP contribution in [-0.2, 0) is 14.8 Å². The number of ether oxygens (including phenoxy) is 2. The molecule has 0 bridgehead atoms. The number of carbonyl (C=O) groups is 1. The largest absolute Gasteiger partial charge is 0.494 e. The molecule has 0 aromatic heterocycles. The summed E-state index contributed by atoms with van der Waals surface area (Å²) in [6, 6.07) is 12.6. The fourth-order valence-corrected chi connectivity index (χ4v) is 5.03. The first-order valence-corrected chi connectivity index (χ1v) is 13.0. The van der Waals surface area contributed by atoms with Crippen molar-refractivity contribution in [2.45, 2.75) is 57.3 Å². The second-order valence-electron chi connectivity index (χ2n) is 9.24. The Kier molecular flexibility index (Phi) is 8.22. The van der Waals surface area contributed by atoms with Crippen LogP contribution < -0.4 is 14.8 Å². The number of hydrogen-bond acceptors (Lipinski definition) is 6. The van der Waals surface area contributed by atoms with E-state index in [4.69, 9.17) is 9.47 Å². The van der Waals surface area contributed by atoms with Gasteiger partial charge < -0.3 is 14.8 Å². The van der Waals surface area contributed by atoms with Crippen LogP contribution in [0.2, 0.25) is 0 Å². The molecule has 2 aromatic carbocycles. The van der Waals surface area contributed by atoms with E-state index < -0.39 is 10.0 Å². The first-order valence-electron chi connectivity index (χ1n) is 11.5. The number of morpholine rings is 1. The van der Waals surface area contributed by atoms with E-state index in [1.54, 1.807) is 24.3 Å². The molecule has 8 nitrogen and oxygen atoms in total. The van der Waals surface area contributed by atoms with Gasteiger partial charge in [-0.3, -0.25) is 14.4 Å². The third-order valence-corrected chi connectivity index (χ3v) is 7.20. The predicted molar refractivity (Wildman–Crippen MR) is 133 cm³/mol. The first-order chi connectivity index (χ1) is 16.0. The summed E-state index contributed by atoms with van der Waals surface area (Å²) in [5.74, 6) is 0.424. The van der Waals surface area contributed by atoms with Crippen molar-refractivity contribution in [1.29, 1.82) is 0 Å². The summed E-state index contributed by atoms with van der Waals surface area (Å²) in [7, 11) is -3.78. The average Bonchev–Trinajstić information content (AvgIpc) is 2.78. The number of benzene rings is 2. The molecule has 0 aliphatic carbocycles. The molecule has 0 spiro atoms. The zero-order chi connectivity index (χ0) is 24.9. The van der Waals surface area contributed by atoms with E-state index in [2.05, 4.69) is 42.6 Å². The van der Waals surface area contributed by atoms with Gasteiger partial charge in [0.2, 0.25) is 0 Å². The molecule has 9 heteroatoms. The summed E-state index contributed by atoms with van der Waals surface area (Å²) in [6.07, 6.45) is 0.286. The number of carbonyl (C=O) groups excluding carboxylic acids is 1. The van der Waals surface area contributed by atoms with Crippen molar-refractivity contribution in [3.05, 3.63) is 54.1 Å². The quantitative estimate of drug-likeness (QED) is 0.560. The third-order valence-electron chi connectivity index (χ3n) is 5.80. The molecule has 2 N–H and O–H groups in total. The number of amides is 1. The van der Waals surface area contributed by atoms with Gasteiger partial charge in [0.15, 0.2) is 0 Å². The highest BCUT2D eigenvalue weighted by molar-refractivity contribution is 7.92. The van der Waals surface area contributed by atoms with Crippen LogP contribution >= 0.6 is 0 Å². The topological polar surface area (TPSA) is 97.0 Å². The Morgan fingerprint density at radius 1 is 1.06 bits per heavy atom. The van der Waals surface area contributed by atoms with E-state index >= 15 is 0 Å². The summed E-state index contributed by atoms with van der Waals surface area (Å²) < 4.78 is 39.2. The lowest BCUT2D eigenvalue weighted by Crippen LogP contribution is -2.58. The monoisotopic (exact) mass is 489 g/mol. The van der Waals surface area contributed by atoms with Gasteiger partial charge >= 0.3 is 0 Å². The minimum absolute atomic E-state index is 0.0783. The van der Waals surface area contributed by atoms with Crippen LogP contribution in [0.3, 0.4) is 0 Å². The van der Waals surface area contributed by atoms with Crippen molar-refractivity contribution in [3.8, 4) is 5.75 Å². The van der Waals surface area contributed by atoms with E-state index in [1.165, 1.54) is 24.3 Å². The standard InChI is InChI=1S/C25H35N3O5S/c1-6-32-22-11-9-21(10-12-22)27-34(30,31)23-13-7-20(8-14-23)24(29)26-17-25(4,5)28-15-18(2)33-19(3)16-28/h7-14,18-19,27H,6,15-17H2,1-5H3,(H,26,29)/t18-,19+. The van der Waals surface area contributed by atoms with Gasteiger partial charge in [-0.2, -0.15) is 0 Å². The lowest BCUT2D eigenvalue weighted by atomic mass is 10.00. The van der Waals surface area contributed by atoms with Crippen molar-refractivity contribution in [2.75, 3.05) is 31.0 Å². The van der Waals surface area contributed by atoms with Crippen molar-refractivity contribution < 1.29 is 22.7 Å². The molecule has 186 valence electrons. The van der Waals surface area contributed by atoms with E-state index in [0.717, 1.165) is 13.1 Å². The second-order valence-corrected chi connectivity index (χ2v) is 10.9. The number of hydrogen-bond donors (Lipinski definition) is 2. The zero-order valence-electron chi connectivity index (χ0n) is 20.5. The molecule has 2 aromatic rings. The normalized spacial score (nSPS) is 19.4. The lowest BCUT2D eigenvalue weighted by Gasteiger charge is -2.45. The Hall–Kier alpha value is -2.62. The van der Waals surface area contributed by atoms with E-state index in [9.17, 15) is 13.2 Å². The van der Waals surface area contributed by atoms with E-state index in [1.807, 2.05) is 6.92 Å². The molecule has 0 radical (unpaired) electrons. The molecule has 1 aliphatic heterocycles. The Bertz CT molecular complexity index is 1060. The zero-order valence-corrected chi connectivity index (χ0v) is 21.3. The Balaban J connectivity index is 1.60. The van der Waals surface area contributed by atoms with Gasteiger partial charge in [0.05, 0.1) is 23.7 Å². The maximum atomic E-state index is 12.7. The molecule has 1 heterocycles. The van der Waals surface area contributed by atoms with E-state index in [-0.39, 0.29) is 28.5 Å².